The molecule has 4 saturated carbocycles. The molecule has 7 aliphatic rings. The van der Waals surface area contributed by atoms with Gasteiger partial charge in [-0.3, -0.25) is 9.59 Å². The van der Waals surface area contributed by atoms with Crippen LogP contribution >= 0.6 is 0 Å². The quantitative estimate of drug-likeness (QED) is 0.0165. The summed E-state index contributed by atoms with van der Waals surface area (Å²) in [6.45, 7) is 23.3. The Hall–Kier alpha value is -2.54. The minimum Gasteiger partial charge on any atom is -0.465 e. The molecular formula is C96H170O16. The van der Waals surface area contributed by atoms with Crippen molar-refractivity contribution in [2.24, 2.45) is 50.2 Å². The summed E-state index contributed by atoms with van der Waals surface area (Å²) in [6.07, 6.45) is 49.2. The van der Waals surface area contributed by atoms with Crippen LogP contribution in [0.4, 0.5) is 0 Å². The number of aliphatic hydroxyl groups is 5. The van der Waals surface area contributed by atoms with Crippen LogP contribution in [0, 0.1) is 50.2 Å². The van der Waals surface area contributed by atoms with Crippen LogP contribution < -0.4 is 0 Å². The monoisotopic (exact) mass is 1580 g/mol. The molecule has 0 aromatic heterocycles. The zero-order valence-corrected chi connectivity index (χ0v) is 73.3. The summed E-state index contributed by atoms with van der Waals surface area (Å²) in [7, 11) is 0. The molecule has 650 valence electrons. The van der Waals surface area contributed by atoms with E-state index in [1.54, 1.807) is 0 Å². The highest BCUT2D eigenvalue weighted by atomic mass is 16.8. The van der Waals surface area contributed by atoms with E-state index >= 15 is 4.79 Å². The molecular weight excluding hydrogens is 1410 g/mol. The molecule has 19 atom stereocenters. The number of carbonyl (C=O) groups is 4. The minimum atomic E-state index is -1.94. The molecule has 0 spiro atoms. The number of rotatable bonds is 58. The summed E-state index contributed by atoms with van der Waals surface area (Å²) in [5, 5.41) is 58.3. The topological polar surface area (TPSA) is 234 Å². The molecule has 0 bridgehead atoms. The molecule has 2 aliphatic heterocycles. The van der Waals surface area contributed by atoms with E-state index in [9.17, 15) is 39.9 Å². The third-order valence-electron chi connectivity index (χ3n) is 29.9. The Labute approximate surface area is 682 Å². The van der Waals surface area contributed by atoms with E-state index in [0.717, 1.165) is 96.3 Å². The Bertz CT molecular complexity index is 2680. The van der Waals surface area contributed by atoms with Crippen LogP contribution in [-0.2, 0) is 52.3 Å². The number of carbonyl (C=O) groups excluding carboxylic acids is 4. The fourth-order valence-corrected chi connectivity index (χ4v) is 22.1. The maximum Gasteiger partial charge on any atom is 0.338 e. The lowest BCUT2D eigenvalue weighted by atomic mass is 9.33. The Kier molecular flexibility index (Phi) is 43.0. The van der Waals surface area contributed by atoms with Crippen molar-refractivity contribution in [3.05, 3.63) is 11.6 Å². The van der Waals surface area contributed by atoms with E-state index in [-0.39, 0.29) is 53.6 Å². The average Bonchev–Trinajstić information content (AvgIpc) is 0.672. The number of ketones is 1. The molecule has 5 N–H and O–H groups in total. The number of hydrogen-bond donors (Lipinski definition) is 5. The largest absolute Gasteiger partial charge is 0.465 e. The number of esters is 3. The van der Waals surface area contributed by atoms with E-state index in [1.807, 2.05) is 6.08 Å². The van der Waals surface area contributed by atoms with Gasteiger partial charge in [-0.2, -0.15) is 0 Å². The lowest BCUT2D eigenvalue weighted by molar-refractivity contribution is -0.371. The lowest BCUT2D eigenvalue weighted by Gasteiger charge is -2.70. The fourth-order valence-electron chi connectivity index (χ4n) is 22.1. The zero-order valence-electron chi connectivity index (χ0n) is 73.3. The first kappa shape index (κ1) is 96.6. The van der Waals surface area contributed by atoms with Gasteiger partial charge in [0, 0.05) is 5.92 Å². The summed E-state index contributed by atoms with van der Waals surface area (Å²) in [4.78, 5) is 58.0. The number of hydrogen-bond acceptors (Lipinski definition) is 16. The van der Waals surface area contributed by atoms with Crippen LogP contribution in [0.25, 0.3) is 0 Å². The second-order valence-electron chi connectivity index (χ2n) is 39.0. The lowest BCUT2D eigenvalue weighted by Crippen LogP contribution is -2.68. The molecule has 2 saturated heterocycles. The second kappa shape index (κ2) is 49.9. The highest BCUT2D eigenvalue weighted by molar-refractivity contribution is 5.96. The Morgan fingerprint density at radius 2 is 0.768 bits per heavy atom. The second-order valence-corrected chi connectivity index (χ2v) is 39.0. The van der Waals surface area contributed by atoms with Gasteiger partial charge in [-0.25, -0.2) is 9.59 Å². The first-order chi connectivity index (χ1) is 53.9. The van der Waals surface area contributed by atoms with Crippen LogP contribution in [0.3, 0.4) is 0 Å². The van der Waals surface area contributed by atoms with Crippen LogP contribution in [-0.4, -0.2) is 137 Å². The molecule has 0 aromatic rings. The Morgan fingerprint density at radius 1 is 0.402 bits per heavy atom. The third kappa shape index (κ3) is 27.5. The van der Waals surface area contributed by atoms with Gasteiger partial charge in [0.25, 0.3) is 0 Å². The van der Waals surface area contributed by atoms with E-state index in [1.165, 1.54) is 243 Å². The zero-order chi connectivity index (χ0) is 81.1. The van der Waals surface area contributed by atoms with Crippen molar-refractivity contribution in [2.75, 3.05) is 19.8 Å². The van der Waals surface area contributed by atoms with E-state index < -0.39 is 101 Å². The maximum absolute atomic E-state index is 15.7. The van der Waals surface area contributed by atoms with Crippen molar-refractivity contribution >= 4 is 23.7 Å². The molecule has 2 heterocycles. The van der Waals surface area contributed by atoms with Crippen LogP contribution in [0.15, 0.2) is 11.6 Å². The summed E-state index contributed by atoms with van der Waals surface area (Å²) < 4.78 is 43.6. The van der Waals surface area contributed by atoms with Crippen molar-refractivity contribution in [1.29, 1.82) is 0 Å². The molecule has 5 aliphatic carbocycles. The fraction of sp³-hybridized carbons (Fsp3) is 0.938. The van der Waals surface area contributed by atoms with Gasteiger partial charge in [0.2, 0.25) is 0 Å². The SMILES string of the molecule is CCCCCCCCCCCCCCCCCCOC(=O)[C@H]1O[C@@H](O[C@H]2[C@H](O[C@H]3CC[C@]4(C)[C@H]5C(=O)C=C6[C@@H]7C[C@@](C)(C(=O)OCCCCCCCCCCCCCCCCCC)CC[C@]7(C)CC[C@@]6(C)[C@]5(C)CC[C@H]4C3(C)C)O[C@H](C(=O)OCCCCCCCCCCCCCCCCCC)[C@@H](O)[C@@H]2O)[C@H](O)[C@@H](O)[C@@H]1O. The van der Waals surface area contributed by atoms with Gasteiger partial charge in [0.15, 0.2) is 30.6 Å². The summed E-state index contributed by atoms with van der Waals surface area (Å²) in [6, 6.07) is 0. The molecule has 0 radical (unpaired) electrons. The average molecular weight is 1580 g/mol. The van der Waals surface area contributed by atoms with Gasteiger partial charge in [-0.05, 0) is 129 Å². The van der Waals surface area contributed by atoms with E-state index in [0.29, 0.717) is 38.7 Å². The van der Waals surface area contributed by atoms with Crippen LogP contribution in [0.2, 0.25) is 0 Å². The molecule has 0 aromatic carbocycles. The summed E-state index contributed by atoms with van der Waals surface area (Å²) in [5.74, 6) is -2.07. The molecule has 16 nitrogen and oxygen atoms in total. The first-order valence-electron chi connectivity index (χ1n) is 47.7. The highest BCUT2D eigenvalue weighted by Gasteiger charge is 2.71. The third-order valence-corrected chi connectivity index (χ3v) is 29.9. The minimum absolute atomic E-state index is 0.0465. The molecule has 6 fully saturated rings. The molecule has 0 amide bonds. The van der Waals surface area contributed by atoms with Crippen molar-refractivity contribution in [3.63, 3.8) is 0 Å². The predicted octanol–water partition coefficient (Wildman–Crippen LogP) is 22.4. The van der Waals surface area contributed by atoms with Crippen LogP contribution in [0.1, 0.15) is 435 Å². The Balaban J connectivity index is 0.957. The van der Waals surface area contributed by atoms with Gasteiger partial charge < -0.3 is 58.7 Å². The predicted molar refractivity (Wildman–Crippen MR) is 448 cm³/mol. The van der Waals surface area contributed by atoms with Gasteiger partial charge in [0.1, 0.15) is 36.6 Å². The number of allylic oxidation sites excluding steroid dienone is 2. The molecule has 112 heavy (non-hydrogen) atoms. The number of fused-ring (bicyclic) bond motifs is 7. The molecule has 7 rings (SSSR count). The molecule has 16 heteroatoms. The summed E-state index contributed by atoms with van der Waals surface area (Å²) >= 11 is 0. The highest BCUT2D eigenvalue weighted by Crippen LogP contribution is 2.75. The van der Waals surface area contributed by atoms with Crippen molar-refractivity contribution in [1.82, 2.24) is 0 Å². The normalized spacial score (nSPS) is 32.9. The number of aliphatic hydroxyl groups excluding tert-OH is 5. The van der Waals surface area contributed by atoms with Gasteiger partial charge in [-0.15, -0.1) is 0 Å². The molecule has 0 unspecified atom stereocenters. The van der Waals surface area contributed by atoms with E-state index in [2.05, 4.69) is 69.2 Å². The summed E-state index contributed by atoms with van der Waals surface area (Å²) in [5.41, 5.74) is -1.32. The standard InChI is InChI=1S/C96H170O16/c1-11-14-17-20-23-26-29-32-35-38-41-44-47-50-53-56-67-106-86(103)82-78(99)77(98)81(102)88(110-82)112-84-80(101)79(100)83(87(104)107-68-57-54-51-48-45-42-39-36-33-30-27-24-21-18-15-12-2)111-89(84)109-76-60-61-94(8)75(91(76,4)5)59-62-96(10)85(94)74(97)70-72-73-71-93(7,64-63-92(73,6)65-66-95(72,96)9)90(105)108-69-58-55-52-49-46-43-40-37-34-31-28-25-22-19-16-13-3/h70,73,75-85,88-89,98-102H,11-69,71H2,1-10H3/t73-,75-,76-,77-,78-,79-,80-,81+,82-,83-,84+,85+,88-,89+,92+,93-,94-,95+,96+/m0/s1. The Morgan fingerprint density at radius 3 is 1.18 bits per heavy atom. The van der Waals surface area contributed by atoms with Crippen molar-refractivity contribution in [2.45, 2.75) is 503 Å². The number of ether oxygens (including phenoxy) is 7. The van der Waals surface area contributed by atoms with Gasteiger partial charge >= 0.3 is 17.9 Å². The van der Waals surface area contributed by atoms with Crippen LogP contribution in [0.5, 0.6) is 0 Å². The number of unbranched alkanes of at least 4 members (excludes halogenated alkanes) is 45. The van der Waals surface area contributed by atoms with Gasteiger partial charge in [0.05, 0.1) is 31.3 Å². The van der Waals surface area contributed by atoms with Gasteiger partial charge in [-0.1, -0.05) is 357 Å². The van der Waals surface area contributed by atoms with Crippen molar-refractivity contribution < 1.29 is 77.9 Å². The smallest absolute Gasteiger partial charge is 0.338 e. The first-order valence-corrected chi connectivity index (χ1v) is 47.7. The maximum atomic E-state index is 15.7. The van der Waals surface area contributed by atoms with Crippen molar-refractivity contribution in [3.8, 4) is 0 Å². The van der Waals surface area contributed by atoms with E-state index in [4.69, 9.17) is 33.2 Å².